The van der Waals surface area contributed by atoms with Crippen LogP contribution in [0.1, 0.15) is 11.1 Å². The molecule has 1 aliphatic rings. The number of barbiturate groups is 1. The van der Waals surface area contributed by atoms with Gasteiger partial charge in [0.05, 0.1) is 16.4 Å². The number of hydrogen-bond donors (Lipinski definition) is 2. The zero-order valence-electron chi connectivity index (χ0n) is 20.2. The molecule has 194 valence electrons. The third-order valence-electron chi connectivity index (χ3n) is 5.38. The van der Waals surface area contributed by atoms with Gasteiger partial charge in [-0.25, -0.2) is 9.69 Å². The predicted octanol–water partition coefficient (Wildman–Crippen LogP) is 4.95. The lowest BCUT2D eigenvalue weighted by Crippen LogP contribution is -2.54. The first-order valence-electron chi connectivity index (χ1n) is 11.2. The smallest absolute Gasteiger partial charge is 0.335 e. The van der Waals surface area contributed by atoms with E-state index in [4.69, 9.17) is 21.1 Å². The molecule has 1 aliphatic heterocycles. The molecule has 0 aliphatic carbocycles. The number of carbonyl (C=O) groups is 4. The number of aryl methyl sites for hydroxylation is 1. The maximum atomic E-state index is 13.1. The summed E-state index contributed by atoms with van der Waals surface area (Å²) in [5.74, 6) is -1.37. The van der Waals surface area contributed by atoms with Crippen molar-refractivity contribution in [3.8, 4) is 11.5 Å². The van der Waals surface area contributed by atoms with E-state index in [1.807, 2.05) is 47.7 Å². The summed E-state index contributed by atoms with van der Waals surface area (Å²) in [7, 11) is 1.43. The molecular weight excluding hydrogens is 625 g/mol. The molecule has 0 spiro atoms. The number of nitrogens with one attached hydrogen (secondary N) is 2. The summed E-state index contributed by atoms with van der Waals surface area (Å²) in [6.07, 6.45) is 1.35. The standard InChI is InChI=1S/C27H21ClIN3O6/c1-15-5-3-7-18(9-15)30-23(33)14-38-24-21(29)11-16(12-22(24)37-2)10-20-25(34)31-27(36)32(26(20)35)19-8-4-6-17(28)13-19/h3-13H,14H2,1-2H3,(H,30,33)(H,31,34,36)/b20-10+. The molecule has 1 saturated heterocycles. The van der Waals surface area contributed by atoms with Crippen molar-refractivity contribution in [2.75, 3.05) is 23.9 Å². The Morgan fingerprint density at radius 1 is 1.11 bits per heavy atom. The van der Waals surface area contributed by atoms with Crippen LogP contribution in [0, 0.1) is 10.5 Å². The number of nitrogens with zero attached hydrogens (tertiary/aromatic N) is 1. The Labute approximate surface area is 236 Å². The van der Waals surface area contributed by atoms with E-state index in [1.165, 1.54) is 25.3 Å². The van der Waals surface area contributed by atoms with Crippen LogP contribution in [0.15, 0.2) is 66.2 Å². The van der Waals surface area contributed by atoms with Crippen LogP contribution < -0.4 is 25.0 Å². The van der Waals surface area contributed by atoms with Crippen molar-refractivity contribution in [3.05, 3.63) is 86.0 Å². The first-order chi connectivity index (χ1) is 18.2. The maximum Gasteiger partial charge on any atom is 0.335 e. The van der Waals surface area contributed by atoms with Crippen molar-refractivity contribution in [1.82, 2.24) is 5.32 Å². The summed E-state index contributed by atoms with van der Waals surface area (Å²) in [6, 6.07) is 15.9. The molecule has 0 radical (unpaired) electrons. The molecule has 1 fully saturated rings. The second kappa shape index (κ2) is 11.7. The molecule has 4 rings (SSSR count). The molecule has 2 N–H and O–H groups in total. The van der Waals surface area contributed by atoms with Crippen molar-refractivity contribution < 1.29 is 28.7 Å². The molecule has 0 bridgehead atoms. The summed E-state index contributed by atoms with van der Waals surface area (Å²) in [6.45, 7) is 1.66. The number of carbonyl (C=O) groups excluding carboxylic acids is 4. The largest absolute Gasteiger partial charge is 0.493 e. The number of imide groups is 2. The van der Waals surface area contributed by atoms with Crippen molar-refractivity contribution in [2.24, 2.45) is 0 Å². The number of ether oxygens (including phenoxy) is 2. The third kappa shape index (κ3) is 6.14. The molecular formula is C27H21ClIN3O6. The fourth-order valence-corrected chi connectivity index (χ4v) is 4.66. The Bertz CT molecular complexity index is 1490. The van der Waals surface area contributed by atoms with Crippen LogP contribution in [0.25, 0.3) is 6.08 Å². The molecule has 3 aromatic carbocycles. The minimum atomic E-state index is -0.876. The summed E-state index contributed by atoms with van der Waals surface area (Å²) in [4.78, 5) is 51.3. The zero-order chi connectivity index (χ0) is 27.4. The highest BCUT2D eigenvalue weighted by atomic mass is 127. The quantitative estimate of drug-likeness (QED) is 0.214. The van der Waals surface area contributed by atoms with E-state index in [-0.39, 0.29) is 23.8 Å². The van der Waals surface area contributed by atoms with Crippen molar-refractivity contribution in [2.45, 2.75) is 6.92 Å². The highest BCUT2D eigenvalue weighted by molar-refractivity contribution is 14.1. The number of rotatable bonds is 7. The Morgan fingerprint density at radius 2 is 1.87 bits per heavy atom. The average Bonchev–Trinajstić information content (AvgIpc) is 2.85. The van der Waals surface area contributed by atoms with Crippen LogP contribution in [-0.4, -0.2) is 37.5 Å². The van der Waals surface area contributed by atoms with E-state index < -0.39 is 17.8 Å². The van der Waals surface area contributed by atoms with Crippen LogP contribution in [0.5, 0.6) is 11.5 Å². The Kier molecular flexibility index (Phi) is 8.32. The Hall–Kier alpha value is -3.90. The SMILES string of the molecule is COc1cc(/C=C2\C(=O)NC(=O)N(c3cccc(Cl)c3)C2=O)cc(I)c1OCC(=O)Nc1cccc(C)c1. The number of amides is 5. The van der Waals surface area contributed by atoms with Gasteiger partial charge >= 0.3 is 6.03 Å². The molecule has 0 atom stereocenters. The van der Waals surface area contributed by atoms with E-state index in [1.54, 1.807) is 30.3 Å². The number of anilines is 2. The molecule has 9 nitrogen and oxygen atoms in total. The van der Waals surface area contributed by atoms with Crippen molar-refractivity contribution in [3.63, 3.8) is 0 Å². The molecule has 11 heteroatoms. The minimum Gasteiger partial charge on any atom is -0.493 e. The second-order valence-corrected chi connectivity index (χ2v) is 9.78. The average molecular weight is 646 g/mol. The number of hydrogen-bond acceptors (Lipinski definition) is 6. The van der Waals surface area contributed by atoms with Gasteiger partial charge in [-0.3, -0.25) is 19.7 Å². The fraction of sp³-hybridized carbons (Fsp3) is 0.111. The van der Waals surface area contributed by atoms with Crippen LogP contribution >= 0.6 is 34.2 Å². The van der Waals surface area contributed by atoms with Gasteiger partial charge in [0.2, 0.25) is 0 Å². The Balaban J connectivity index is 1.56. The third-order valence-corrected chi connectivity index (χ3v) is 6.42. The lowest BCUT2D eigenvalue weighted by atomic mass is 10.1. The highest BCUT2D eigenvalue weighted by Gasteiger charge is 2.37. The Morgan fingerprint density at radius 3 is 2.58 bits per heavy atom. The fourth-order valence-electron chi connectivity index (χ4n) is 3.69. The lowest BCUT2D eigenvalue weighted by Gasteiger charge is -2.26. The van der Waals surface area contributed by atoms with Gasteiger partial charge < -0.3 is 14.8 Å². The normalized spacial score (nSPS) is 14.4. The number of halogens is 2. The number of urea groups is 1. The molecule has 3 aromatic rings. The van der Waals surface area contributed by atoms with Gasteiger partial charge in [-0.1, -0.05) is 29.8 Å². The first kappa shape index (κ1) is 27.1. The molecule has 5 amide bonds. The summed E-state index contributed by atoms with van der Waals surface area (Å²) < 4.78 is 11.7. The van der Waals surface area contributed by atoms with E-state index in [2.05, 4.69) is 10.6 Å². The topological polar surface area (TPSA) is 114 Å². The number of benzene rings is 3. The van der Waals surface area contributed by atoms with Gasteiger partial charge in [0.15, 0.2) is 18.1 Å². The molecule has 0 aromatic heterocycles. The van der Waals surface area contributed by atoms with E-state index in [9.17, 15) is 19.2 Å². The molecule has 0 unspecified atom stereocenters. The van der Waals surface area contributed by atoms with E-state index in [0.29, 0.717) is 31.3 Å². The molecule has 0 saturated carbocycles. The van der Waals surface area contributed by atoms with E-state index in [0.717, 1.165) is 10.5 Å². The van der Waals surface area contributed by atoms with Gasteiger partial charge in [-0.15, -0.1) is 0 Å². The first-order valence-corrected chi connectivity index (χ1v) is 12.7. The number of methoxy groups -OCH3 is 1. The minimum absolute atomic E-state index is 0.221. The van der Waals surface area contributed by atoms with Gasteiger partial charge in [0.25, 0.3) is 17.7 Å². The highest BCUT2D eigenvalue weighted by Crippen LogP contribution is 2.35. The summed E-state index contributed by atoms with van der Waals surface area (Å²) >= 11 is 8.01. The van der Waals surface area contributed by atoms with Crippen LogP contribution in [0.3, 0.4) is 0 Å². The second-order valence-electron chi connectivity index (χ2n) is 8.18. The van der Waals surface area contributed by atoms with Gasteiger partial charge in [-0.2, -0.15) is 0 Å². The zero-order valence-corrected chi connectivity index (χ0v) is 23.1. The van der Waals surface area contributed by atoms with Crippen molar-refractivity contribution in [1.29, 1.82) is 0 Å². The van der Waals surface area contributed by atoms with Crippen molar-refractivity contribution >= 4 is 75.4 Å². The van der Waals surface area contributed by atoms with Crippen LogP contribution in [0.2, 0.25) is 5.02 Å². The van der Waals surface area contributed by atoms with Gasteiger partial charge in [0, 0.05) is 10.7 Å². The predicted molar refractivity (Wildman–Crippen MR) is 151 cm³/mol. The monoisotopic (exact) mass is 645 g/mol. The molecule has 38 heavy (non-hydrogen) atoms. The van der Waals surface area contributed by atoms with E-state index >= 15 is 0 Å². The lowest BCUT2D eigenvalue weighted by molar-refractivity contribution is -0.122. The van der Waals surface area contributed by atoms with Crippen LogP contribution in [-0.2, 0) is 14.4 Å². The maximum absolute atomic E-state index is 13.1. The van der Waals surface area contributed by atoms with Crippen LogP contribution in [0.4, 0.5) is 16.2 Å². The molecule has 1 heterocycles. The summed E-state index contributed by atoms with van der Waals surface area (Å²) in [5.41, 5.74) is 2.08. The summed E-state index contributed by atoms with van der Waals surface area (Å²) in [5, 5.41) is 5.27. The van der Waals surface area contributed by atoms with Gasteiger partial charge in [-0.05, 0) is 89.2 Å². The van der Waals surface area contributed by atoms with Gasteiger partial charge in [0.1, 0.15) is 5.57 Å².